The van der Waals surface area contributed by atoms with Gasteiger partial charge in [0.2, 0.25) is 15.9 Å². The number of benzene rings is 1. The first-order valence-corrected chi connectivity index (χ1v) is 9.33. The molecule has 0 spiro atoms. The largest absolute Gasteiger partial charge is 0.352 e. The molecule has 1 saturated heterocycles. The minimum Gasteiger partial charge on any atom is -0.352 e. The fraction of sp³-hybridized carbons (Fsp3) is 0.400. The van der Waals surface area contributed by atoms with Crippen LogP contribution in [-0.4, -0.2) is 38.3 Å². The van der Waals surface area contributed by atoms with Crippen molar-refractivity contribution >= 4 is 31.9 Å². The summed E-state index contributed by atoms with van der Waals surface area (Å²) < 4.78 is 27.5. The number of halogens is 1. The molecule has 1 atom stereocenters. The molecule has 0 unspecified atom stereocenters. The second kappa shape index (κ2) is 7.39. The predicted molar refractivity (Wildman–Crippen MR) is 88.8 cm³/mol. The summed E-state index contributed by atoms with van der Waals surface area (Å²) >= 11 is 3.29. The molecule has 0 bridgehead atoms. The zero-order valence-corrected chi connectivity index (χ0v) is 14.6. The fourth-order valence-electron chi connectivity index (χ4n) is 2.45. The van der Waals surface area contributed by atoms with Crippen LogP contribution in [0.2, 0.25) is 0 Å². The standard InChI is InChI=1S/C15H19BrN2O3S/c1-2-9-17-15(19)12-4-3-10-18(11-12)22(20,21)14-7-5-13(16)6-8-14/h2,5-8,12H,1,3-4,9-11H2,(H,17,19)/t12-/m1/s1. The van der Waals surface area contributed by atoms with E-state index in [0.29, 0.717) is 25.9 Å². The molecule has 120 valence electrons. The minimum absolute atomic E-state index is 0.115. The Morgan fingerprint density at radius 3 is 2.73 bits per heavy atom. The predicted octanol–water partition coefficient (Wildman–Crippen LogP) is 2.15. The lowest BCUT2D eigenvalue weighted by Crippen LogP contribution is -2.45. The van der Waals surface area contributed by atoms with Crippen molar-refractivity contribution in [2.45, 2.75) is 17.7 Å². The molecule has 0 saturated carbocycles. The molecule has 1 aliphatic heterocycles. The van der Waals surface area contributed by atoms with Crippen LogP contribution in [0.5, 0.6) is 0 Å². The molecular formula is C15H19BrN2O3S. The van der Waals surface area contributed by atoms with E-state index in [1.165, 1.54) is 4.31 Å². The fourth-order valence-corrected chi connectivity index (χ4v) is 4.24. The zero-order valence-electron chi connectivity index (χ0n) is 12.2. The monoisotopic (exact) mass is 386 g/mol. The van der Waals surface area contributed by atoms with Gasteiger partial charge in [0.1, 0.15) is 0 Å². The highest BCUT2D eigenvalue weighted by Gasteiger charge is 2.33. The summed E-state index contributed by atoms with van der Waals surface area (Å²) in [5, 5.41) is 2.74. The Kier molecular flexibility index (Phi) is 5.77. The number of hydrogen-bond acceptors (Lipinski definition) is 3. The average molecular weight is 387 g/mol. The van der Waals surface area contributed by atoms with Crippen molar-refractivity contribution in [3.05, 3.63) is 41.4 Å². The van der Waals surface area contributed by atoms with Gasteiger partial charge in [-0.1, -0.05) is 22.0 Å². The van der Waals surface area contributed by atoms with Gasteiger partial charge in [0.05, 0.1) is 10.8 Å². The molecule has 1 amide bonds. The van der Waals surface area contributed by atoms with Crippen LogP contribution in [0.4, 0.5) is 0 Å². The van der Waals surface area contributed by atoms with E-state index in [9.17, 15) is 13.2 Å². The molecule has 1 aromatic rings. The molecule has 1 aromatic carbocycles. The lowest BCUT2D eigenvalue weighted by Gasteiger charge is -2.31. The number of carbonyl (C=O) groups is 1. The Morgan fingerprint density at radius 2 is 2.09 bits per heavy atom. The third-order valence-corrected chi connectivity index (χ3v) is 6.03. The Balaban J connectivity index is 2.12. The zero-order chi connectivity index (χ0) is 16.2. The third-order valence-electron chi connectivity index (χ3n) is 3.63. The lowest BCUT2D eigenvalue weighted by atomic mass is 9.99. The van der Waals surface area contributed by atoms with Crippen molar-refractivity contribution in [1.82, 2.24) is 9.62 Å². The summed E-state index contributed by atoms with van der Waals surface area (Å²) in [7, 11) is -3.55. The summed E-state index contributed by atoms with van der Waals surface area (Å²) in [6, 6.07) is 6.54. The number of sulfonamides is 1. The number of rotatable bonds is 5. The minimum atomic E-state index is -3.55. The van der Waals surface area contributed by atoms with E-state index in [-0.39, 0.29) is 23.3 Å². The molecule has 1 aliphatic rings. The van der Waals surface area contributed by atoms with Crippen LogP contribution < -0.4 is 5.32 Å². The van der Waals surface area contributed by atoms with E-state index in [1.807, 2.05) is 0 Å². The van der Waals surface area contributed by atoms with Crippen molar-refractivity contribution in [1.29, 1.82) is 0 Å². The van der Waals surface area contributed by atoms with Gasteiger partial charge in [-0.05, 0) is 37.1 Å². The molecule has 1 heterocycles. The SMILES string of the molecule is C=CCNC(=O)[C@@H]1CCCN(S(=O)(=O)c2ccc(Br)cc2)C1. The Hall–Kier alpha value is -1.18. The Bertz CT molecular complexity index is 643. The second-order valence-electron chi connectivity index (χ2n) is 5.19. The van der Waals surface area contributed by atoms with E-state index in [0.717, 1.165) is 4.47 Å². The summed E-state index contributed by atoms with van der Waals surface area (Å²) in [6.07, 6.45) is 2.99. The number of carbonyl (C=O) groups excluding carboxylic acids is 1. The highest BCUT2D eigenvalue weighted by molar-refractivity contribution is 9.10. The smallest absolute Gasteiger partial charge is 0.243 e. The molecule has 0 aromatic heterocycles. The van der Waals surface area contributed by atoms with Gasteiger partial charge in [0.25, 0.3) is 0 Å². The van der Waals surface area contributed by atoms with Crippen LogP contribution in [0.1, 0.15) is 12.8 Å². The number of hydrogen-bond donors (Lipinski definition) is 1. The van der Waals surface area contributed by atoms with Crippen LogP contribution >= 0.6 is 15.9 Å². The highest BCUT2D eigenvalue weighted by atomic mass is 79.9. The number of nitrogens with zero attached hydrogens (tertiary/aromatic N) is 1. The van der Waals surface area contributed by atoms with E-state index in [1.54, 1.807) is 30.3 Å². The summed E-state index contributed by atoms with van der Waals surface area (Å²) in [4.78, 5) is 12.3. The van der Waals surface area contributed by atoms with Gasteiger partial charge in [0.15, 0.2) is 0 Å². The molecule has 1 fully saturated rings. The van der Waals surface area contributed by atoms with Crippen LogP contribution in [-0.2, 0) is 14.8 Å². The summed E-state index contributed by atoms with van der Waals surface area (Å²) in [5.41, 5.74) is 0. The molecule has 1 N–H and O–H groups in total. The lowest BCUT2D eigenvalue weighted by molar-refractivity contribution is -0.125. The number of nitrogens with one attached hydrogen (secondary N) is 1. The molecular weight excluding hydrogens is 368 g/mol. The van der Waals surface area contributed by atoms with Gasteiger partial charge >= 0.3 is 0 Å². The van der Waals surface area contributed by atoms with Gasteiger partial charge < -0.3 is 5.32 Å². The van der Waals surface area contributed by atoms with Crippen LogP contribution in [0.25, 0.3) is 0 Å². The first-order valence-electron chi connectivity index (χ1n) is 7.09. The van der Waals surface area contributed by atoms with Gasteiger partial charge in [0, 0.05) is 24.1 Å². The van der Waals surface area contributed by atoms with Crippen molar-refractivity contribution in [3.63, 3.8) is 0 Å². The summed E-state index contributed by atoms with van der Waals surface area (Å²) in [5.74, 6) is -0.422. The maximum atomic E-state index is 12.6. The molecule has 0 radical (unpaired) electrons. The third kappa shape index (κ3) is 3.97. The topological polar surface area (TPSA) is 66.5 Å². The van der Waals surface area contributed by atoms with Gasteiger partial charge in [-0.2, -0.15) is 4.31 Å². The molecule has 5 nitrogen and oxygen atoms in total. The van der Waals surface area contributed by atoms with E-state index in [4.69, 9.17) is 0 Å². The van der Waals surface area contributed by atoms with Crippen LogP contribution in [0.15, 0.2) is 46.3 Å². The first kappa shape index (κ1) is 17.2. The van der Waals surface area contributed by atoms with Crippen LogP contribution in [0, 0.1) is 5.92 Å². The molecule has 7 heteroatoms. The normalized spacial score (nSPS) is 19.6. The van der Waals surface area contributed by atoms with Crippen molar-refractivity contribution < 1.29 is 13.2 Å². The van der Waals surface area contributed by atoms with E-state index in [2.05, 4.69) is 27.8 Å². The number of piperidine rings is 1. The van der Waals surface area contributed by atoms with Crippen molar-refractivity contribution in [3.8, 4) is 0 Å². The van der Waals surface area contributed by atoms with Gasteiger partial charge in [-0.3, -0.25) is 4.79 Å². The van der Waals surface area contributed by atoms with Crippen LogP contribution in [0.3, 0.4) is 0 Å². The van der Waals surface area contributed by atoms with Gasteiger partial charge in [-0.15, -0.1) is 6.58 Å². The molecule has 0 aliphatic carbocycles. The first-order chi connectivity index (χ1) is 10.4. The average Bonchev–Trinajstić information content (AvgIpc) is 2.53. The van der Waals surface area contributed by atoms with E-state index >= 15 is 0 Å². The van der Waals surface area contributed by atoms with Gasteiger partial charge in [-0.25, -0.2) is 8.42 Å². The van der Waals surface area contributed by atoms with Crippen molar-refractivity contribution in [2.24, 2.45) is 5.92 Å². The quantitative estimate of drug-likeness (QED) is 0.788. The Labute approximate surface area is 139 Å². The van der Waals surface area contributed by atoms with Crippen molar-refractivity contribution in [2.75, 3.05) is 19.6 Å². The second-order valence-corrected chi connectivity index (χ2v) is 8.04. The number of amides is 1. The highest BCUT2D eigenvalue weighted by Crippen LogP contribution is 2.24. The summed E-state index contributed by atoms with van der Waals surface area (Å²) in [6.45, 7) is 4.62. The molecule has 22 heavy (non-hydrogen) atoms. The maximum absolute atomic E-state index is 12.6. The Morgan fingerprint density at radius 1 is 1.41 bits per heavy atom. The van der Waals surface area contributed by atoms with E-state index < -0.39 is 10.0 Å². The molecule has 2 rings (SSSR count). The maximum Gasteiger partial charge on any atom is 0.243 e.